The third kappa shape index (κ3) is 4.16. The molecule has 2 heteroatoms. The molecule has 0 aliphatic carbocycles. The molecule has 2 nitrogen and oxygen atoms in total. The third-order valence-corrected chi connectivity index (χ3v) is 3.55. The Hall–Kier alpha value is -1.70. The Labute approximate surface area is 122 Å². The highest BCUT2D eigenvalue weighted by atomic mass is 14.8. The number of nitrogens with zero attached hydrogens (tertiary/aromatic N) is 2. The van der Waals surface area contributed by atoms with Crippen LogP contribution in [0, 0.1) is 0 Å². The molecule has 0 atom stereocenters. The summed E-state index contributed by atoms with van der Waals surface area (Å²) in [5.74, 6) is 0. The summed E-state index contributed by atoms with van der Waals surface area (Å²) in [6, 6.07) is 8.59. The van der Waals surface area contributed by atoms with E-state index < -0.39 is 0 Å². The van der Waals surface area contributed by atoms with E-state index in [1.165, 1.54) is 36.8 Å². The summed E-state index contributed by atoms with van der Waals surface area (Å²) in [6.07, 6.45) is 11.0. The van der Waals surface area contributed by atoms with E-state index in [1.54, 1.807) is 0 Å². The lowest BCUT2D eigenvalue weighted by Crippen LogP contribution is -1.93. The van der Waals surface area contributed by atoms with Crippen molar-refractivity contribution in [2.24, 2.45) is 0 Å². The van der Waals surface area contributed by atoms with Crippen LogP contribution in [0.1, 0.15) is 50.7 Å². The van der Waals surface area contributed by atoms with Gasteiger partial charge in [-0.15, -0.1) is 0 Å². The highest BCUT2D eigenvalue weighted by Gasteiger charge is 2.04. The average molecular weight is 268 g/mol. The molecule has 2 rings (SSSR count). The molecule has 0 aromatic carbocycles. The maximum atomic E-state index is 4.48. The number of aryl methyl sites for hydroxylation is 2. The van der Waals surface area contributed by atoms with Gasteiger partial charge in [0, 0.05) is 12.4 Å². The first-order chi connectivity index (χ1) is 9.83. The molecule has 2 heterocycles. The van der Waals surface area contributed by atoms with E-state index in [0.717, 1.165) is 24.2 Å². The zero-order valence-electron chi connectivity index (χ0n) is 12.6. The van der Waals surface area contributed by atoms with E-state index >= 15 is 0 Å². The molecular weight excluding hydrogens is 244 g/mol. The molecular formula is C18H24N2. The topological polar surface area (TPSA) is 25.8 Å². The van der Waals surface area contributed by atoms with Gasteiger partial charge in [-0.3, -0.25) is 9.97 Å². The summed E-state index contributed by atoms with van der Waals surface area (Å²) in [5.41, 5.74) is 4.71. The fourth-order valence-corrected chi connectivity index (χ4v) is 2.30. The molecule has 0 saturated carbocycles. The molecule has 0 fully saturated rings. The van der Waals surface area contributed by atoms with Gasteiger partial charge in [-0.05, 0) is 61.1 Å². The van der Waals surface area contributed by atoms with Gasteiger partial charge in [-0.25, -0.2) is 0 Å². The van der Waals surface area contributed by atoms with Crippen molar-refractivity contribution in [3.63, 3.8) is 0 Å². The summed E-state index contributed by atoms with van der Waals surface area (Å²) in [7, 11) is 0. The maximum Gasteiger partial charge on any atom is 0.0888 e. The monoisotopic (exact) mass is 268 g/mol. The molecule has 0 saturated heterocycles. The van der Waals surface area contributed by atoms with E-state index in [0.29, 0.717) is 0 Å². The van der Waals surface area contributed by atoms with Crippen molar-refractivity contribution < 1.29 is 0 Å². The molecule has 0 bridgehead atoms. The van der Waals surface area contributed by atoms with Crippen LogP contribution >= 0.6 is 0 Å². The second kappa shape index (κ2) is 7.78. The smallest absolute Gasteiger partial charge is 0.0888 e. The molecule has 0 N–H and O–H groups in total. The second-order valence-corrected chi connectivity index (χ2v) is 5.31. The largest absolute Gasteiger partial charge is 0.255 e. The van der Waals surface area contributed by atoms with Gasteiger partial charge in [0.1, 0.15) is 0 Å². The minimum absolute atomic E-state index is 0.997. The lowest BCUT2D eigenvalue weighted by molar-refractivity contribution is 0.793. The van der Waals surface area contributed by atoms with Gasteiger partial charge < -0.3 is 0 Å². The normalized spacial score (nSPS) is 10.7. The lowest BCUT2D eigenvalue weighted by atomic mass is 10.1. The van der Waals surface area contributed by atoms with Crippen LogP contribution in [0.3, 0.4) is 0 Å². The van der Waals surface area contributed by atoms with Crippen LogP contribution < -0.4 is 0 Å². The zero-order valence-corrected chi connectivity index (χ0v) is 12.6. The van der Waals surface area contributed by atoms with Crippen LogP contribution in [-0.4, -0.2) is 9.97 Å². The zero-order chi connectivity index (χ0) is 14.2. The van der Waals surface area contributed by atoms with Crippen LogP contribution in [0.25, 0.3) is 11.4 Å². The second-order valence-electron chi connectivity index (χ2n) is 5.31. The Balaban J connectivity index is 2.17. The van der Waals surface area contributed by atoms with Gasteiger partial charge in [0.2, 0.25) is 0 Å². The molecule has 0 spiro atoms. The van der Waals surface area contributed by atoms with E-state index in [9.17, 15) is 0 Å². The van der Waals surface area contributed by atoms with Gasteiger partial charge in [-0.2, -0.15) is 0 Å². The third-order valence-electron chi connectivity index (χ3n) is 3.55. The summed E-state index contributed by atoms with van der Waals surface area (Å²) in [4.78, 5) is 8.95. The maximum absolute atomic E-state index is 4.48. The molecule has 20 heavy (non-hydrogen) atoms. The van der Waals surface area contributed by atoms with Crippen LogP contribution in [0.2, 0.25) is 0 Å². The van der Waals surface area contributed by atoms with Crippen molar-refractivity contribution >= 4 is 0 Å². The molecule has 0 aliphatic heterocycles. The first kappa shape index (κ1) is 14.7. The number of pyridine rings is 2. The van der Waals surface area contributed by atoms with Crippen molar-refractivity contribution in [1.29, 1.82) is 0 Å². The fraction of sp³-hybridized carbons (Fsp3) is 0.444. The lowest BCUT2D eigenvalue weighted by Gasteiger charge is -2.06. The number of hydrogen-bond donors (Lipinski definition) is 0. The molecule has 0 unspecified atom stereocenters. The predicted octanol–water partition coefficient (Wildman–Crippen LogP) is 4.83. The van der Waals surface area contributed by atoms with Crippen LogP contribution in [-0.2, 0) is 12.8 Å². The highest BCUT2D eigenvalue weighted by molar-refractivity contribution is 5.55. The van der Waals surface area contributed by atoms with Gasteiger partial charge in [0.25, 0.3) is 0 Å². The summed E-state index contributed by atoms with van der Waals surface area (Å²) in [6.45, 7) is 4.45. The van der Waals surface area contributed by atoms with Gasteiger partial charge in [0.15, 0.2) is 0 Å². The van der Waals surface area contributed by atoms with Gasteiger partial charge >= 0.3 is 0 Å². The van der Waals surface area contributed by atoms with Crippen molar-refractivity contribution in [2.45, 2.75) is 52.4 Å². The average Bonchev–Trinajstić information content (AvgIpc) is 2.51. The Bertz CT molecular complexity index is 485. The number of aromatic nitrogens is 2. The fourth-order valence-electron chi connectivity index (χ4n) is 2.30. The summed E-state index contributed by atoms with van der Waals surface area (Å²) in [5, 5.41) is 0. The van der Waals surface area contributed by atoms with Gasteiger partial charge in [-0.1, -0.05) is 26.7 Å². The SMILES string of the molecule is CCCCc1ccnc(-c2cc(CCCC)ccn2)c1. The molecule has 0 aliphatic rings. The van der Waals surface area contributed by atoms with Crippen LogP contribution in [0.5, 0.6) is 0 Å². The molecule has 106 valence electrons. The first-order valence-corrected chi connectivity index (χ1v) is 7.73. The number of rotatable bonds is 7. The minimum atomic E-state index is 0.997. The van der Waals surface area contributed by atoms with Crippen LogP contribution in [0.15, 0.2) is 36.7 Å². The quantitative estimate of drug-likeness (QED) is 0.719. The van der Waals surface area contributed by atoms with Crippen molar-refractivity contribution in [2.75, 3.05) is 0 Å². The Morgan fingerprint density at radius 1 is 0.750 bits per heavy atom. The van der Waals surface area contributed by atoms with Crippen molar-refractivity contribution in [3.8, 4) is 11.4 Å². The van der Waals surface area contributed by atoms with E-state index in [4.69, 9.17) is 0 Å². The Morgan fingerprint density at radius 3 is 1.60 bits per heavy atom. The minimum Gasteiger partial charge on any atom is -0.255 e. The standard InChI is InChI=1S/C18H24N2/c1-3-5-7-15-9-11-19-17(13-15)18-14-16(8-6-4-2)10-12-20-18/h9-14H,3-8H2,1-2H3. The van der Waals surface area contributed by atoms with Crippen molar-refractivity contribution in [3.05, 3.63) is 47.8 Å². The van der Waals surface area contributed by atoms with Crippen molar-refractivity contribution in [1.82, 2.24) is 9.97 Å². The number of hydrogen-bond acceptors (Lipinski definition) is 2. The Kier molecular flexibility index (Phi) is 5.72. The van der Waals surface area contributed by atoms with Gasteiger partial charge in [0.05, 0.1) is 11.4 Å². The first-order valence-electron chi connectivity index (χ1n) is 7.73. The van der Waals surface area contributed by atoms with E-state index in [1.807, 2.05) is 12.4 Å². The number of unbranched alkanes of at least 4 members (excludes halogenated alkanes) is 2. The summed E-state index contributed by atoms with van der Waals surface area (Å²) < 4.78 is 0. The highest BCUT2D eigenvalue weighted by Crippen LogP contribution is 2.18. The predicted molar refractivity (Wildman–Crippen MR) is 84.7 cm³/mol. The van der Waals surface area contributed by atoms with E-state index in [2.05, 4.69) is 48.1 Å². The van der Waals surface area contributed by atoms with Crippen LogP contribution in [0.4, 0.5) is 0 Å². The molecule has 0 radical (unpaired) electrons. The Morgan fingerprint density at radius 2 is 1.20 bits per heavy atom. The molecule has 0 amide bonds. The molecule has 2 aromatic heterocycles. The molecule has 2 aromatic rings. The summed E-state index contributed by atoms with van der Waals surface area (Å²) >= 11 is 0. The van der Waals surface area contributed by atoms with E-state index in [-0.39, 0.29) is 0 Å².